The summed E-state index contributed by atoms with van der Waals surface area (Å²) in [7, 11) is 4.80. The number of hydrogen-bond donors (Lipinski definition) is 2. The number of fused-ring (bicyclic) bond motifs is 2. The Morgan fingerprint density at radius 1 is 0.974 bits per heavy atom. The highest BCUT2D eigenvalue weighted by Crippen LogP contribution is 2.44. The van der Waals surface area contributed by atoms with Gasteiger partial charge in [0.1, 0.15) is 11.5 Å². The molecule has 1 aromatic heterocycles. The van der Waals surface area contributed by atoms with Crippen LogP contribution < -0.4 is 14.8 Å². The minimum absolute atomic E-state index is 0.119. The molecule has 0 saturated heterocycles. The van der Waals surface area contributed by atoms with Crippen LogP contribution in [0.1, 0.15) is 39.0 Å². The third-order valence-electron chi connectivity index (χ3n) is 7.14. The number of carbonyl (C=O) groups is 2. The predicted octanol–water partition coefficient (Wildman–Crippen LogP) is 4.43. The summed E-state index contributed by atoms with van der Waals surface area (Å²) in [5.41, 5.74) is 3.86. The molecular weight excluding hydrogens is 482 g/mol. The molecule has 2 heterocycles. The van der Waals surface area contributed by atoms with Gasteiger partial charge in [-0.3, -0.25) is 9.59 Å². The first-order valence-electron chi connectivity index (χ1n) is 12.5. The van der Waals surface area contributed by atoms with E-state index >= 15 is 0 Å². The molecule has 0 radical (unpaired) electrons. The maximum Gasteiger partial charge on any atom is 0.254 e. The van der Waals surface area contributed by atoms with Crippen molar-refractivity contribution in [3.63, 3.8) is 0 Å². The normalized spacial score (nSPS) is 16.8. The van der Waals surface area contributed by atoms with Gasteiger partial charge in [-0.2, -0.15) is 0 Å². The minimum atomic E-state index is -0.642. The molecule has 0 bridgehead atoms. The second-order valence-corrected chi connectivity index (χ2v) is 9.19. The number of amides is 2. The largest absolute Gasteiger partial charge is 0.497 e. The number of aromatic nitrogens is 1. The number of aromatic amines is 1. The van der Waals surface area contributed by atoms with Crippen LogP contribution in [0.4, 0.5) is 0 Å². The zero-order chi connectivity index (χ0) is 26.6. The number of hydrogen-bond acceptors (Lipinski definition) is 5. The highest BCUT2D eigenvalue weighted by molar-refractivity contribution is 6.02. The Kier molecular flexibility index (Phi) is 7.33. The molecule has 196 valence electrons. The number of carbonyl (C=O) groups excluding carboxylic acids is 2. The smallest absolute Gasteiger partial charge is 0.254 e. The van der Waals surface area contributed by atoms with E-state index in [1.807, 2.05) is 66.9 Å². The van der Waals surface area contributed by atoms with Crippen molar-refractivity contribution >= 4 is 22.7 Å². The molecule has 2 amide bonds. The van der Waals surface area contributed by atoms with E-state index in [0.717, 1.165) is 22.0 Å². The molecule has 0 fully saturated rings. The van der Waals surface area contributed by atoms with Crippen molar-refractivity contribution in [2.24, 2.45) is 0 Å². The molecule has 38 heavy (non-hydrogen) atoms. The molecule has 0 spiro atoms. The fourth-order valence-corrected chi connectivity index (χ4v) is 5.31. The monoisotopic (exact) mass is 513 g/mol. The van der Waals surface area contributed by atoms with Crippen LogP contribution in [0.3, 0.4) is 0 Å². The molecule has 3 aromatic carbocycles. The van der Waals surface area contributed by atoms with E-state index in [4.69, 9.17) is 14.2 Å². The quantitative estimate of drug-likeness (QED) is 0.346. The van der Waals surface area contributed by atoms with Crippen LogP contribution >= 0.6 is 0 Å². The number of nitrogens with zero attached hydrogens (tertiary/aromatic N) is 1. The summed E-state index contributed by atoms with van der Waals surface area (Å²) in [4.78, 5) is 32.9. The lowest BCUT2D eigenvalue weighted by Gasteiger charge is -2.41. The molecule has 2 atom stereocenters. The average molecular weight is 514 g/mol. The molecule has 0 saturated carbocycles. The fraction of sp³-hybridized carbons (Fsp3) is 0.267. The Labute approximate surface area is 221 Å². The molecule has 1 aliphatic rings. The van der Waals surface area contributed by atoms with Gasteiger partial charge in [0.05, 0.1) is 32.8 Å². The highest BCUT2D eigenvalue weighted by atomic mass is 16.5. The van der Waals surface area contributed by atoms with Gasteiger partial charge in [-0.05, 0) is 35.9 Å². The first kappa shape index (κ1) is 25.4. The lowest BCUT2D eigenvalue weighted by atomic mass is 9.79. The van der Waals surface area contributed by atoms with Crippen LogP contribution in [-0.4, -0.2) is 56.2 Å². The topological polar surface area (TPSA) is 92.9 Å². The Bertz CT molecular complexity index is 1460. The number of H-pyrrole nitrogens is 1. The lowest BCUT2D eigenvalue weighted by molar-refractivity contribution is -0.124. The number of nitrogens with one attached hydrogen (secondary N) is 2. The van der Waals surface area contributed by atoms with Crippen molar-refractivity contribution in [3.8, 4) is 11.5 Å². The molecule has 5 rings (SSSR count). The van der Waals surface area contributed by atoms with Crippen molar-refractivity contribution < 1.29 is 23.8 Å². The Morgan fingerprint density at radius 2 is 1.76 bits per heavy atom. The molecule has 0 aliphatic carbocycles. The summed E-state index contributed by atoms with van der Waals surface area (Å²) >= 11 is 0. The Balaban J connectivity index is 1.58. The van der Waals surface area contributed by atoms with Crippen molar-refractivity contribution in [1.29, 1.82) is 0 Å². The van der Waals surface area contributed by atoms with Crippen LogP contribution in [0.2, 0.25) is 0 Å². The summed E-state index contributed by atoms with van der Waals surface area (Å²) < 4.78 is 16.2. The van der Waals surface area contributed by atoms with Crippen LogP contribution in [0.15, 0.2) is 72.9 Å². The minimum Gasteiger partial charge on any atom is -0.497 e. The van der Waals surface area contributed by atoms with Crippen LogP contribution in [0, 0.1) is 0 Å². The van der Waals surface area contributed by atoms with Crippen molar-refractivity contribution in [1.82, 2.24) is 15.2 Å². The zero-order valence-corrected chi connectivity index (χ0v) is 21.7. The number of methoxy groups -OCH3 is 3. The van der Waals surface area contributed by atoms with Gasteiger partial charge in [-0.15, -0.1) is 0 Å². The molecule has 1 aliphatic heterocycles. The Hall–Kier alpha value is -4.30. The lowest BCUT2D eigenvalue weighted by Crippen LogP contribution is -2.48. The van der Waals surface area contributed by atoms with Gasteiger partial charge in [0, 0.05) is 54.0 Å². The van der Waals surface area contributed by atoms with Gasteiger partial charge in [0.15, 0.2) is 0 Å². The van der Waals surface area contributed by atoms with Crippen LogP contribution in [0.25, 0.3) is 10.9 Å². The second kappa shape index (κ2) is 11.0. The summed E-state index contributed by atoms with van der Waals surface area (Å²) in [6.45, 7) is 0.938. The highest BCUT2D eigenvalue weighted by Gasteiger charge is 2.44. The van der Waals surface area contributed by atoms with E-state index in [0.29, 0.717) is 35.8 Å². The number of ether oxygens (including phenoxy) is 3. The summed E-state index contributed by atoms with van der Waals surface area (Å²) in [5, 5.41) is 4.08. The van der Waals surface area contributed by atoms with Crippen LogP contribution in [-0.2, 0) is 16.1 Å². The first-order chi connectivity index (χ1) is 18.6. The number of rotatable bonds is 9. The van der Waals surface area contributed by atoms with Crippen molar-refractivity contribution in [2.75, 3.05) is 34.5 Å². The van der Waals surface area contributed by atoms with Gasteiger partial charge >= 0.3 is 0 Å². The third kappa shape index (κ3) is 4.59. The third-order valence-corrected chi connectivity index (χ3v) is 7.14. The summed E-state index contributed by atoms with van der Waals surface area (Å²) in [6, 6.07) is 20.2. The second-order valence-electron chi connectivity index (χ2n) is 9.19. The fourth-order valence-electron chi connectivity index (χ4n) is 5.31. The van der Waals surface area contributed by atoms with Gasteiger partial charge in [-0.25, -0.2) is 0 Å². The van der Waals surface area contributed by atoms with E-state index in [9.17, 15) is 9.59 Å². The van der Waals surface area contributed by atoms with Gasteiger partial charge in [0.25, 0.3) is 5.91 Å². The predicted molar refractivity (Wildman–Crippen MR) is 145 cm³/mol. The number of benzene rings is 3. The molecule has 4 aromatic rings. The molecular formula is C30H31N3O5. The van der Waals surface area contributed by atoms with E-state index in [-0.39, 0.29) is 18.4 Å². The molecule has 2 N–H and O–H groups in total. The molecule has 8 nitrogen and oxygen atoms in total. The Morgan fingerprint density at radius 3 is 2.55 bits per heavy atom. The SMILES string of the molecule is COCCN1C(=O)c2ccccc2C(C(=O)NCc2cc(OC)ccc2OC)C1c1c[nH]c2ccccc12. The van der Waals surface area contributed by atoms with E-state index < -0.39 is 12.0 Å². The maximum absolute atomic E-state index is 14.1. The van der Waals surface area contributed by atoms with Crippen LogP contribution in [0.5, 0.6) is 11.5 Å². The molecule has 8 heteroatoms. The van der Waals surface area contributed by atoms with Crippen molar-refractivity contribution in [3.05, 3.63) is 95.2 Å². The number of para-hydroxylation sites is 1. The van der Waals surface area contributed by atoms with E-state index in [2.05, 4.69) is 10.3 Å². The first-order valence-corrected chi connectivity index (χ1v) is 12.5. The molecule has 2 unspecified atom stereocenters. The van der Waals surface area contributed by atoms with E-state index in [1.54, 1.807) is 32.3 Å². The van der Waals surface area contributed by atoms with Gasteiger partial charge in [-0.1, -0.05) is 36.4 Å². The van der Waals surface area contributed by atoms with E-state index in [1.165, 1.54) is 0 Å². The average Bonchev–Trinajstić information content (AvgIpc) is 3.39. The summed E-state index contributed by atoms with van der Waals surface area (Å²) in [5.74, 6) is 0.377. The maximum atomic E-state index is 14.1. The zero-order valence-electron chi connectivity index (χ0n) is 21.7. The standard InChI is InChI=1S/C30H31N3O5/c1-36-15-14-33-28(24-18-31-25-11-7-6-8-21(24)25)27(22-9-4-5-10-23(22)30(33)35)29(34)32-17-19-16-20(37-2)12-13-26(19)38-3/h4-13,16,18,27-28,31H,14-15,17H2,1-3H3,(H,32,34). The van der Waals surface area contributed by atoms with Crippen molar-refractivity contribution in [2.45, 2.75) is 18.5 Å². The van der Waals surface area contributed by atoms with Gasteiger partial charge in [0.2, 0.25) is 5.91 Å². The van der Waals surface area contributed by atoms with Gasteiger partial charge < -0.3 is 29.4 Å². The summed E-state index contributed by atoms with van der Waals surface area (Å²) in [6.07, 6.45) is 1.90.